The van der Waals surface area contributed by atoms with E-state index in [2.05, 4.69) is 53.7 Å². The highest BCUT2D eigenvalue weighted by Crippen LogP contribution is 2.27. The van der Waals surface area contributed by atoms with Crippen molar-refractivity contribution in [1.29, 1.82) is 0 Å². The van der Waals surface area contributed by atoms with Crippen LogP contribution in [0.1, 0.15) is 19.4 Å². The second kappa shape index (κ2) is 4.65. The van der Waals surface area contributed by atoms with Crippen molar-refractivity contribution in [2.45, 2.75) is 25.9 Å². The van der Waals surface area contributed by atoms with Crippen LogP contribution < -0.4 is 5.32 Å². The van der Waals surface area contributed by atoms with Gasteiger partial charge < -0.3 is 5.32 Å². The number of hydrogen-bond donors (Lipinski definition) is 1. The normalized spacial score (nSPS) is 20.3. The lowest BCUT2D eigenvalue weighted by Gasteiger charge is -2.39. The van der Waals surface area contributed by atoms with Gasteiger partial charge in [-0.3, -0.25) is 4.90 Å². The summed E-state index contributed by atoms with van der Waals surface area (Å²) >= 11 is 1.86. The van der Waals surface area contributed by atoms with Gasteiger partial charge in [0.25, 0.3) is 0 Å². The molecule has 0 saturated carbocycles. The van der Waals surface area contributed by atoms with Gasteiger partial charge in [0.05, 0.1) is 0 Å². The molecule has 2 heterocycles. The Kier molecular flexibility index (Phi) is 3.14. The summed E-state index contributed by atoms with van der Waals surface area (Å²) in [7, 11) is 0. The Hall–Kier alpha value is -0.900. The van der Waals surface area contributed by atoms with Crippen LogP contribution >= 0.6 is 11.3 Å². The van der Waals surface area contributed by atoms with E-state index >= 15 is 0 Å². The number of nitrogens with zero attached hydrogens (tertiary/aromatic N) is 1. The van der Waals surface area contributed by atoms with Crippen LogP contribution in [-0.2, 0) is 6.54 Å². The van der Waals surface area contributed by atoms with Crippen LogP contribution in [0.5, 0.6) is 0 Å². The average molecular weight is 260 g/mol. The first-order valence-corrected chi connectivity index (χ1v) is 7.44. The second-order valence-corrected chi connectivity index (χ2v) is 6.69. The molecule has 1 aromatic carbocycles. The molecule has 2 aromatic rings. The van der Waals surface area contributed by atoms with Crippen molar-refractivity contribution in [3.8, 4) is 0 Å². The van der Waals surface area contributed by atoms with E-state index in [4.69, 9.17) is 0 Å². The van der Waals surface area contributed by atoms with Gasteiger partial charge in [0.15, 0.2) is 0 Å². The quantitative estimate of drug-likeness (QED) is 0.892. The molecule has 1 aromatic heterocycles. The summed E-state index contributed by atoms with van der Waals surface area (Å²) in [4.78, 5) is 2.56. The highest BCUT2D eigenvalue weighted by atomic mass is 32.1. The molecular formula is C15H20N2S. The van der Waals surface area contributed by atoms with E-state index in [0.29, 0.717) is 0 Å². The Morgan fingerprint density at radius 1 is 1.33 bits per heavy atom. The molecule has 2 nitrogen and oxygen atoms in total. The van der Waals surface area contributed by atoms with Crippen LogP contribution in [0.25, 0.3) is 10.1 Å². The molecule has 18 heavy (non-hydrogen) atoms. The zero-order valence-corrected chi connectivity index (χ0v) is 11.9. The van der Waals surface area contributed by atoms with Crippen molar-refractivity contribution in [3.63, 3.8) is 0 Å². The predicted octanol–water partition coefficient (Wildman–Crippen LogP) is 3.09. The third kappa shape index (κ3) is 2.44. The molecule has 3 rings (SSSR count). The fourth-order valence-electron chi connectivity index (χ4n) is 2.78. The van der Waals surface area contributed by atoms with Crippen molar-refractivity contribution in [2.24, 2.45) is 0 Å². The van der Waals surface area contributed by atoms with Gasteiger partial charge in [-0.15, -0.1) is 11.3 Å². The largest absolute Gasteiger partial charge is 0.309 e. The Labute approximate surface area is 113 Å². The minimum absolute atomic E-state index is 0.240. The summed E-state index contributed by atoms with van der Waals surface area (Å²) in [5.41, 5.74) is 1.72. The predicted molar refractivity (Wildman–Crippen MR) is 79.2 cm³/mol. The number of benzene rings is 1. The van der Waals surface area contributed by atoms with Gasteiger partial charge in [-0.25, -0.2) is 0 Å². The molecule has 1 aliphatic rings. The first-order valence-electron chi connectivity index (χ1n) is 6.57. The van der Waals surface area contributed by atoms with Crippen molar-refractivity contribution in [3.05, 3.63) is 35.2 Å². The zero-order chi connectivity index (χ0) is 12.6. The molecule has 1 aliphatic heterocycles. The summed E-state index contributed by atoms with van der Waals surface area (Å²) in [6, 6.07) is 8.72. The van der Waals surface area contributed by atoms with Crippen molar-refractivity contribution < 1.29 is 0 Å². The van der Waals surface area contributed by atoms with Crippen molar-refractivity contribution in [1.82, 2.24) is 10.2 Å². The molecular weight excluding hydrogens is 240 g/mol. The summed E-state index contributed by atoms with van der Waals surface area (Å²) in [6.07, 6.45) is 0. The summed E-state index contributed by atoms with van der Waals surface area (Å²) in [5, 5.41) is 7.31. The standard InChI is InChI=1S/C15H20N2S/c1-15(2)11-17(8-7-16-15)9-12-10-18-14-6-4-3-5-13(12)14/h3-6,10,16H,7-9,11H2,1-2H3. The Morgan fingerprint density at radius 3 is 3.00 bits per heavy atom. The third-order valence-corrected chi connectivity index (χ3v) is 4.62. The summed E-state index contributed by atoms with van der Waals surface area (Å²) < 4.78 is 1.40. The number of piperazine rings is 1. The maximum absolute atomic E-state index is 3.57. The maximum atomic E-state index is 3.57. The SMILES string of the molecule is CC1(C)CN(Cc2csc3ccccc23)CCN1. The van der Waals surface area contributed by atoms with Gasteiger partial charge in [-0.2, -0.15) is 0 Å². The number of rotatable bonds is 2. The van der Waals surface area contributed by atoms with Crippen LogP contribution in [0.2, 0.25) is 0 Å². The first-order chi connectivity index (χ1) is 8.64. The van der Waals surface area contributed by atoms with Gasteiger partial charge >= 0.3 is 0 Å². The second-order valence-electron chi connectivity index (χ2n) is 5.78. The highest BCUT2D eigenvalue weighted by Gasteiger charge is 2.25. The van der Waals surface area contributed by atoms with E-state index in [1.165, 1.54) is 15.6 Å². The van der Waals surface area contributed by atoms with E-state index in [1.807, 2.05) is 11.3 Å². The number of nitrogens with one attached hydrogen (secondary N) is 1. The van der Waals surface area contributed by atoms with Crippen molar-refractivity contribution in [2.75, 3.05) is 19.6 Å². The van der Waals surface area contributed by atoms with Crippen LogP contribution in [0.3, 0.4) is 0 Å². The molecule has 1 N–H and O–H groups in total. The molecule has 96 valence electrons. The van der Waals surface area contributed by atoms with E-state index < -0.39 is 0 Å². The van der Waals surface area contributed by atoms with Gasteiger partial charge in [-0.05, 0) is 36.2 Å². The fraction of sp³-hybridized carbons (Fsp3) is 0.467. The van der Waals surface area contributed by atoms with Crippen LogP contribution in [0.15, 0.2) is 29.6 Å². The lowest BCUT2D eigenvalue weighted by Crippen LogP contribution is -2.56. The summed E-state index contributed by atoms with van der Waals surface area (Å²) in [5.74, 6) is 0. The molecule has 0 amide bonds. The Bertz CT molecular complexity index is 544. The molecule has 3 heteroatoms. The van der Waals surface area contributed by atoms with Crippen LogP contribution in [0, 0.1) is 0 Å². The fourth-order valence-corrected chi connectivity index (χ4v) is 3.73. The monoisotopic (exact) mass is 260 g/mol. The molecule has 0 spiro atoms. The van der Waals surface area contributed by atoms with Gasteiger partial charge in [0, 0.05) is 36.4 Å². The molecule has 0 bridgehead atoms. The molecule has 1 fully saturated rings. The lowest BCUT2D eigenvalue weighted by atomic mass is 10.0. The van der Waals surface area contributed by atoms with Gasteiger partial charge in [0.1, 0.15) is 0 Å². The minimum atomic E-state index is 0.240. The van der Waals surface area contributed by atoms with Gasteiger partial charge in [0.2, 0.25) is 0 Å². The summed E-state index contributed by atoms with van der Waals surface area (Å²) in [6.45, 7) is 9.00. The highest BCUT2D eigenvalue weighted by molar-refractivity contribution is 7.17. The van der Waals surface area contributed by atoms with Crippen LogP contribution in [0.4, 0.5) is 0 Å². The number of hydrogen-bond acceptors (Lipinski definition) is 3. The van der Waals surface area contributed by atoms with E-state index in [1.54, 1.807) is 0 Å². The Balaban J connectivity index is 1.80. The number of thiophene rings is 1. The third-order valence-electron chi connectivity index (χ3n) is 3.61. The molecule has 0 unspecified atom stereocenters. The van der Waals surface area contributed by atoms with E-state index in [-0.39, 0.29) is 5.54 Å². The topological polar surface area (TPSA) is 15.3 Å². The maximum Gasteiger partial charge on any atom is 0.0346 e. The lowest BCUT2D eigenvalue weighted by molar-refractivity contribution is 0.149. The first kappa shape index (κ1) is 12.2. The van der Waals surface area contributed by atoms with Crippen LogP contribution in [-0.4, -0.2) is 30.1 Å². The zero-order valence-electron chi connectivity index (χ0n) is 11.1. The molecule has 0 aliphatic carbocycles. The smallest absolute Gasteiger partial charge is 0.0346 e. The molecule has 1 saturated heterocycles. The number of fused-ring (bicyclic) bond motifs is 1. The molecule has 0 radical (unpaired) electrons. The van der Waals surface area contributed by atoms with E-state index in [0.717, 1.165) is 26.2 Å². The molecule has 0 atom stereocenters. The minimum Gasteiger partial charge on any atom is -0.309 e. The average Bonchev–Trinajstić information content (AvgIpc) is 2.72. The van der Waals surface area contributed by atoms with Crippen molar-refractivity contribution >= 4 is 21.4 Å². The van der Waals surface area contributed by atoms with E-state index in [9.17, 15) is 0 Å². The Morgan fingerprint density at radius 2 is 2.17 bits per heavy atom. The van der Waals surface area contributed by atoms with Gasteiger partial charge in [-0.1, -0.05) is 18.2 Å².